The van der Waals surface area contributed by atoms with Gasteiger partial charge in [-0.15, -0.1) is 0 Å². The van der Waals surface area contributed by atoms with Gasteiger partial charge < -0.3 is 20.1 Å². The van der Waals surface area contributed by atoms with Crippen molar-refractivity contribution in [3.8, 4) is 0 Å². The standard InChI is InChI=1S/C23H22F2N4O3/c24-23(25,20(30)13-8-9-13)22(32)28-18-15-6-2-1-5-14(15)11-16(18)27-21(31)19-17-7-3-4-10-29(17)12-26-19/h1-7,10,12-13,16,18,20,30H,8-9,11H2,(H,27,31)(H,28,32)/t16-,18-,20?/m1/s1. The van der Waals surface area contributed by atoms with E-state index >= 15 is 0 Å². The quantitative estimate of drug-likeness (QED) is 0.548. The number of carbonyl (C=O) groups excluding carboxylic acids is 2. The second-order valence-corrected chi connectivity index (χ2v) is 8.43. The predicted molar refractivity (Wildman–Crippen MR) is 111 cm³/mol. The van der Waals surface area contributed by atoms with E-state index in [2.05, 4.69) is 15.6 Å². The summed E-state index contributed by atoms with van der Waals surface area (Å²) in [5.41, 5.74) is 2.34. The Morgan fingerprint density at radius 1 is 1.12 bits per heavy atom. The lowest BCUT2D eigenvalue weighted by atomic mass is 10.0. The third kappa shape index (κ3) is 3.52. The van der Waals surface area contributed by atoms with Gasteiger partial charge in [-0.1, -0.05) is 30.3 Å². The number of hydrogen-bond acceptors (Lipinski definition) is 4. The summed E-state index contributed by atoms with van der Waals surface area (Å²) in [6, 6.07) is 11.0. The number of carbonyl (C=O) groups is 2. The van der Waals surface area contributed by atoms with Crippen LogP contribution >= 0.6 is 0 Å². The average Bonchev–Trinajstić information content (AvgIpc) is 3.46. The van der Waals surface area contributed by atoms with Crippen LogP contribution in [-0.4, -0.2) is 44.4 Å². The molecule has 7 nitrogen and oxygen atoms in total. The van der Waals surface area contributed by atoms with Gasteiger partial charge in [0, 0.05) is 6.20 Å². The minimum absolute atomic E-state index is 0.209. The summed E-state index contributed by atoms with van der Waals surface area (Å²) in [4.78, 5) is 29.6. The summed E-state index contributed by atoms with van der Waals surface area (Å²) in [5, 5.41) is 15.1. The molecule has 166 valence electrons. The zero-order valence-electron chi connectivity index (χ0n) is 17.0. The van der Waals surface area contributed by atoms with Crippen molar-refractivity contribution in [3.05, 3.63) is 71.8 Å². The van der Waals surface area contributed by atoms with Crippen LogP contribution < -0.4 is 10.6 Å². The number of aliphatic hydroxyl groups is 1. The Bertz CT molecular complexity index is 1190. The molecule has 9 heteroatoms. The van der Waals surface area contributed by atoms with E-state index in [1.165, 1.54) is 6.33 Å². The van der Waals surface area contributed by atoms with Gasteiger partial charge >= 0.3 is 5.92 Å². The number of nitrogens with zero attached hydrogens (tertiary/aromatic N) is 2. The van der Waals surface area contributed by atoms with Gasteiger partial charge in [-0.3, -0.25) is 9.59 Å². The van der Waals surface area contributed by atoms with Crippen molar-refractivity contribution in [2.45, 2.75) is 43.4 Å². The lowest BCUT2D eigenvalue weighted by Gasteiger charge is -2.27. The highest BCUT2D eigenvalue weighted by atomic mass is 19.3. The molecule has 3 atom stereocenters. The summed E-state index contributed by atoms with van der Waals surface area (Å²) >= 11 is 0. The fraction of sp³-hybridized carbons (Fsp3) is 0.348. The molecule has 2 aliphatic carbocycles. The van der Waals surface area contributed by atoms with Crippen LogP contribution in [0.4, 0.5) is 8.78 Å². The number of alkyl halides is 2. The lowest BCUT2D eigenvalue weighted by Crippen LogP contribution is -2.53. The maximum atomic E-state index is 14.6. The number of aromatic nitrogens is 2. The molecule has 2 aromatic heterocycles. The van der Waals surface area contributed by atoms with E-state index in [9.17, 15) is 23.5 Å². The minimum atomic E-state index is -3.91. The van der Waals surface area contributed by atoms with Gasteiger partial charge in [0.25, 0.3) is 11.8 Å². The van der Waals surface area contributed by atoms with Crippen molar-refractivity contribution in [2.24, 2.45) is 5.92 Å². The van der Waals surface area contributed by atoms with Gasteiger partial charge in [-0.25, -0.2) is 4.98 Å². The van der Waals surface area contributed by atoms with E-state index in [1.54, 1.807) is 34.9 Å². The molecule has 1 unspecified atom stereocenters. The Kier molecular flexibility index (Phi) is 4.93. The van der Waals surface area contributed by atoms with Crippen LogP contribution in [0.25, 0.3) is 5.52 Å². The first-order valence-corrected chi connectivity index (χ1v) is 10.5. The van der Waals surface area contributed by atoms with Crippen LogP contribution in [0.3, 0.4) is 0 Å². The average molecular weight is 440 g/mol. The Hall–Kier alpha value is -3.33. The molecule has 0 spiro atoms. The number of nitrogens with one attached hydrogen (secondary N) is 2. The SMILES string of the molecule is O=C(N[C@@H]1Cc2ccccc2[C@H]1NC(=O)C(F)(F)C(O)C1CC1)c1ncn2ccccc12. The first-order chi connectivity index (χ1) is 15.4. The fourth-order valence-corrected chi connectivity index (χ4v) is 4.34. The summed E-state index contributed by atoms with van der Waals surface area (Å²) in [6.07, 6.45) is 2.61. The van der Waals surface area contributed by atoms with Crippen molar-refractivity contribution < 1.29 is 23.5 Å². The van der Waals surface area contributed by atoms with E-state index in [-0.39, 0.29) is 5.69 Å². The van der Waals surface area contributed by atoms with E-state index in [0.29, 0.717) is 30.3 Å². The second kappa shape index (κ2) is 7.67. The topological polar surface area (TPSA) is 95.7 Å². The monoisotopic (exact) mass is 440 g/mol. The molecular formula is C23H22F2N4O3. The van der Waals surface area contributed by atoms with Crippen LogP contribution in [-0.2, 0) is 11.2 Å². The fourth-order valence-electron chi connectivity index (χ4n) is 4.34. The Morgan fingerprint density at radius 3 is 2.66 bits per heavy atom. The van der Waals surface area contributed by atoms with Crippen LogP contribution in [0.1, 0.15) is 40.5 Å². The summed E-state index contributed by atoms with van der Waals surface area (Å²) in [6.45, 7) is 0. The van der Waals surface area contributed by atoms with Crippen LogP contribution in [0, 0.1) is 5.92 Å². The smallest absolute Gasteiger partial charge is 0.349 e. The molecule has 3 aromatic rings. The molecule has 1 fully saturated rings. The van der Waals surface area contributed by atoms with Gasteiger partial charge in [-0.05, 0) is 48.4 Å². The van der Waals surface area contributed by atoms with Gasteiger partial charge in [0.05, 0.1) is 17.6 Å². The molecule has 2 amide bonds. The van der Waals surface area contributed by atoms with Crippen molar-refractivity contribution in [1.82, 2.24) is 20.0 Å². The van der Waals surface area contributed by atoms with Crippen molar-refractivity contribution in [3.63, 3.8) is 0 Å². The molecule has 1 saturated carbocycles. The van der Waals surface area contributed by atoms with Crippen LogP contribution in [0.5, 0.6) is 0 Å². The zero-order valence-corrected chi connectivity index (χ0v) is 17.0. The highest BCUT2D eigenvalue weighted by molar-refractivity contribution is 5.99. The van der Waals surface area contributed by atoms with Crippen molar-refractivity contribution in [2.75, 3.05) is 0 Å². The molecule has 3 N–H and O–H groups in total. The maximum absolute atomic E-state index is 14.6. The number of rotatable bonds is 6. The Labute approximate surface area is 182 Å². The first-order valence-electron chi connectivity index (χ1n) is 10.5. The van der Waals surface area contributed by atoms with E-state index in [1.807, 2.05) is 18.2 Å². The van der Waals surface area contributed by atoms with Gasteiger partial charge in [0.15, 0.2) is 5.69 Å². The second-order valence-electron chi connectivity index (χ2n) is 8.43. The summed E-state index contributed by atoms with van der Waals surface area (Å²) in [5.74, 6) is -6.46. The largest absolute Gasteiger partial charge is 0.386 e. The molecule has 1 aromatic carbocycles. The molecular weight excluding hydrogens is 418 g/mol. The van der Waals surface area contributed by atoms with Crippen molar-refractivity contribution >= 4 is 17.3 Å². The molecule has 0 aliphatic heterocycles. The third-order valence-electron chi connectivity index (χ3n) is 6.24. The highest BCUT2D eigenvalue weighted by Crippen LogP contribution is 2.40. The first kappa shape index (κ1) is 20.6. The number of fused-ring (bicyclic) bond motifs is 2. The van der Waals surface area contributed by atoms with Crippen LogP contribution in [0.15, 0.2) is 55.0 Å². The van der Waals surface area contributed by atoms with E-state index in [0.717, 1.165) is 5.56 Å². The molecule has 5 rings (SSSR count). The molecule has 2 heterocycles. The predicted octanol–water partition coefficient (Wildman–Crippen LogP) is 2.25. The number of halogens is 2. The number of benzene rings is 1. The summed E-state index contributed by atoms with van der Waals surface area (Å²) < 4.78 is 30.8. The van der Waals surface area contributed by atoms with Crippen molar-refractivity contribution in [1.29, 1.82) is 0 Å². The number of amides is 2. The van der Waals surface area contributed by atoms with Gasteiger partial charge in [0.2, 0.25) is 0 Å². The molecule has 2 aliphatic rings. The summed E-state index contributed by atoms with van der Waals surface area (Å²) in [7, 11) is 0. The maximum Gasteiger partial charge on any atom is 0.349 e. The molecule has 0 bridgehead atoms. The van der Waals surface area contributed by atoms with Gasteiger partial charge in [-0.2, -0.15) is 8.78 Å². The number of hydrogen-bond donors (Lipinski definition) is 3. The number of aliphatic hydroxyl groups excluding tert-OH is 1. The van der Waals surface area contributed by atoms with Gasteiger partial charge in [0.1, 0.15) is 12.4 Å². The Balaban J connectivity index is 1.39. The highest BCUT2D eigenvalue weighted by Gasteiger charge is 2.54. The lowest BCUT2D eigenvalue weighted by molar-refractivity contribution is -0.166. The number of pyridine rings is 1. The normalized spacial score (nSPS) is 21.2. The van der Waals surface area contributed by atoms with E-state index < -0.39 is 41.8 Å². The molecule has 0 radical (unpaired) electrons. The van der Waals surface area contributed by atoms with Crippen LogP contribution in [0.2, 0.25) is 0 Å². The third-order valence-corrected chi connectivity index (χ3v) is 6.24. The van der Waals surface area contributed by atoms with E-state index in [4.69, 9.17) is 0 Å². The zero-order chi connectivity index (χ0) is 22.5. The Morgan fingerprint density at radius 2 is 1.88 bits per heavy atom. The molecule has 32 heavy (non-hydrogen) atoms. The molecule has 0 saturated heterocycles. The number of imidazole rings is 1. The minimum Gasteiger partial charge on any atom is -0.386 e.